The van der Waals surface area contributed by atoms with E-state index in [-0.39, 0.29) is 5.25 Å². The highest BCUT2D eigenvalue weighted by molar-refractivity contribution is 7.99. The van der Waals surface area contributed by atoms with Crippen LogP contribution in [-0.2, 0) is 23.6 Å². The molecule has 0 amide bonds. The second-order valence-electron chi connectivity index (χ2n) is 10.7. The molecule has 0 saturated heterocycles. The van der Waals surface area contributed by atoms with Crippen molar-refractivity contribution in [2.24, 2.45) is 0 Å². The SMILES string of the molecule is Cc1cc(SC(Cc2ccc(-c3cccc(C(F)(F)F)c3)cc2)c2sc(-c3ccc(C(F)(F)F)cc3)nc2C)ccc1OCC(=O)O. The van der Waals surface area contributed by atoms with E-state index in [2.05, 4.69) is 4.98 Å². The summed E-state index contributed by atoms with van der Waals surface area (Å²) >= 11 is 2.93. The molecule has 0 aliphatic carbocycles. The molecular weight excluding hydrogens is 661 g/mol. The Morgan fingerprint density at radius 2 is 1.49 bits per heavy atom. The molecule has 0 saturated carbocycles. The van der Waals surface area contributed by atoms with Crippen LogP contribution in [0.4, 0.5) is 26.3 Å². The van der Waals surface area contributed by atoms with Crippen LogP contribution in [-0.4, -0.2) is 22.7 Å². The van der Waals surface area contributed by atoms with E-state index in [1.807, 2.05) is 38.1 Å². The highest BCUT2D eigenvalue weighted by atomic mass is 32.2. The van der Waals surface area contributed by atoms with Crippen molar-refractivity contribution in [2.75, 3.05) is 6.61 Å². The van der Waals surface area contributed by atoms with Gasteiger partial charge in [-0.05, 0) is 85.0 Å². The molecule has 0 aliphatic rings. The molecule has 4 nitrogen and oxygen atoms in total. The van der Waals surface area contributed by atoms with Crippen LogP contribution in [0, 0.1) is 13.8 Å². The third kappa shape index (κ3) is 8.55. The maximum absolute atomic E-state index is 13.3. The normalized spacial score (nSPS) is 12.6. The molecule has 5 rings (SSSR count). The summed E-state index contributed by atoms with van der Waals surface area (Å²) in [4.78, 5) is 17.4. The van der Waals surface area contributed by atoms with Crippen molar-refractivity contribution in [3.8, 4) is 27.4 Å². The lowest BCUT2D eigenvalue weighted by Gasteiger charge is -2.18. The Morgan fingerprint density at radius 3 is 2.11 bits per heavy atom. The van der Waals surface area contributed by atoms with E-state index in [1.165, 1.54) is 29.5 Å². The average Bonchev–Trinajstić information content (AvgIpc) is 3.41. The second kappa shape index (κ2) is 13.8. The summed E-state index contributed by atoms with van der Waals surface area (Å²) in [5, 5.41) is 9.34. The quantitative estimate of drug-likeness (QED) is 0.117. The summed E-state index contributed by atoms with van der Waals surface area (Å²) in [5.41, 5.74) is 2.54. The van der Waals surface area contributed by atoms with E-state index in [9.17, 15) is 31.1 Å². The van der Waals surface area contributed by atoms with Gasteiger partial charge >= 0.3 is 18.3 Å². The monoisotopic (exact) mass is 687 g/mol. The molecule has 1 N–H and O–H groups in total. The number of carboxylic acids is 1. The van der Waals surface area contributed by atoms with Gasteiger partial charge in [0.25, 0.3) is 0 Å². The number of thiazole rings is 1. The molecular formula is C35H27F6NO3S2. The highest BCUT2D eigenvalue weighted by Gasteiger charge is 2.31. The molecule has 1 aromatic heterocycles. The maximum atomic E-state index is 13.3. The van der Waals surface area contributed by atoms with Gasteiger partial charge in [-0.3, -0.25) is 0 Å². The van der Waals surface area contributed by atoms with Crippen molar-refractivity contribution >= 4 is 29.1 Å². The Hall–Kier alpha value is -4.29. The average molecular weight is 688 g/mol. The van der Waals surface area contributed by atoms with Crippen LogP contribution in [0.1, 0.15) is 38.1 Å². The molecule has 0 aliphatic heterocycles. The number of benzene rings is 4. The summed E-state index contributed by atoms with van der Waals surface area (Å²) in [7, 11) is 0. The van der Waals surface area contributed by atoms with Gasteiger partial charge in [-0.2, -0.15) is 26.3 Å². The van der Waals surface area contributed by atoms with Crippen molar-refractivity contribution in [3.63, 3.8) is 0 Å². The molecule has 0 bridgehead atoms. The Balaban J connectivity index is 1.45. The minimum atomic E-state index is -4.45. The number of carboxylic acid groups (broad SMARTS) is 1. The number of aryl methyl sites for hydroxylation is 2. The van der Waals surface area contributed by atoms with E-state index in [1.54, 1.807) is 36.0 Å². The molecule has 5 aromatic rings. The topological polar surface area (TPSA) is 59.4 Å². The van der Waals surface area contributed by atoms with Crippen LogP contribution in [0.2, 0.25) is 0 Å². The van der Waals surface area contributed by atoms with Gasteiger partial charge in [0.05, 0.1) is 16.8 Å². The number of aliphatic carboxylic acids is 1. The lowest BCUT2D eigenvalue weighted by molar-refractivity contribution is -0.139. The van der Waals surface area contributed by atoms with Crippen LogP contribution in [0.15, 0.2) is 95.9 Å². The zero-order valence-corrected chi connectivity index (χ0v) is 26.6. The first-order valence-corrected chi connectivity index (χ1v) is 15.9. The van der Waals surface area contributed by atoms with Crippen molar-refractivity contribution in [3.05, 3.63) is 124 Å². The Kier molecular flexibility index (Phi) is 10.0. The molecule has 1 unspecified atom stereocenters. The zero-order chi connectivity index (χ0) is 33.9. The fourth-order valence-electron chi connectivity index (χ4n) is 4.90. The molecule has 0 fully saturated rings. The third-order valence-electron chi connectivity index (χ3n) is 7.26. The van der Waals surface area contributed by atoms with E-state index in [0.29, 0.717) is 33.9 Å². The summed E-state index contributed by atoms with van der Waals surface area (Å²) < 4.78 is 84.6. The fourth-order valence-corrected chi connectivity index (χ4v) is 7.52. The number of alkyl halides is 6. The predicted molar refractivity (Wildman–Crippen MR) is 171 cm³/mol. The number of hydrogen-bond acceptors (Lipinski definition) is 5. The summed E-state index contributed by atoms with van der Waals surface area (Å²) in [6.07, 6.45) is -8.39. The van der Waals surface area contributed by atoms with Crippen LogP contribution >= 0.6 is 23.1 Å². The van der Waals surface area contributed by atoms with Crippen LogP contribution < -0.4 is 4.74 Å². The van der Waals surface area contributed by atoms with Gasteiger partial charge in [0, 0.05) is 20.6 Å². The first-order chi connectivity index (χ1) is 22.2. The highest BCUT2D eigenvalue weighted by Crippen LogP contribution is 2.45. The lowest BCUT2D eigenvalue weighted by Crippen LogP contribution is -2.10. The number of carbonyl (C=O) groups is 1. The summed E-state index contributed by atoms with van der Waals surface area (Å²) in [5.74, 6) is -0.649. The van der Waals surface area contributed by atoms with Gasteiger partial charge in [-0.15, -0.1) is 23.1 Å². The minimum Gasteiger partial charge on any atom is -0.482 e. The Morgan fingerprint density at radius 1 is 0.830 bits per heavy atom. The standard InChI is InChI=1S/C35H27F6NO3S2/c1-20-16-28(14-15-29(20)45-19-31(43)44)46-30(32-21(2)42-33(47-32)24-10-12-26(13-11-24)34(36,37)38)17-22-6-8-23(9-7-22)25-4-3-5-27(18-25)35(39,40)41/h3-16,18,30H,17,19H2,1-2H3,(H,43,44). The molecule has 1 atom stereocenters. The molecule has 0 radical (unpaired) electrons. The van der Waals surface area contributed by atoms with Gasteiger partial charge in [0.15, 0.2) is 6.61 Å². The number of thioether (sulfide) groups is 1. The molecule has 0 spiro atoms. The van der Waals surface area contributed by atoms with Crippen LogP contribution in [0.3, 0.4) is 0 Å². The molecule has 47 heavy (non-hydrogen) atoms. The van der Waals surface area contributed by atoms with Crippen LogP contribution in [0.25, 0.3) is 21.7 Å². The first-order valence-electron chi connectivity index (χ1n) is 14.2. The van der Waals surface area contributed by atoms with Gasteiger partial charge < -0.3 is 9.84 Å². The number of ether oxygens (including phenoxy) is 1. The number of hydrogen-bond donors (Lipinski definition) is 1. The van der Waals surface area contributed by atoms with Gasteiger partial charge in [-0.1, -0.05) is 48.5 Å². The number of halogens is 6. The van der Waals surface area contributed by atoms with Gasteiger partial charge in [-0.25, -0.2) is 9.78 Å². The third-order valence-corrected chi connectivity index (χ3v) is 9.94. The van der Waals surface area contributed by atoms with Crippen molar-refractivity contribution in [2.45, 2.75) is 42.8 Å². The maximum Gasteiger partial charge on any atom is 0.416 e. The van der Waals surface area contributed by atoms with Crippen molar-refractivity contribution in [1.29, 1.82) is 0 Å². The van der Waals surface area contributed by atoms with Crippen molar-refractivity contribution in [1.82, 2.24) is 4.98 Å². The number of nitrogens with zero attached hydrogens (tertiary/aromatic N) is 1. The van der Waals surface area contributed by atoms with E-state index < -0.39 is 36.1 Å². The van der Waals surface area contributed by atoms with Crippen LogP contribution in [0.5, 0.6) is 5.75 Å². The Labute approximate surface area is 275 Å². The molecule has 12 heteroatoms. The number of rotatable bonds is 10. The fraction of sp³-hybridized carbons (Fsp3) is 0.200. The van der Waals surface area contributed by atoms with Gasteiger partial charge in [0.1, 0.15) is 10.8 Å². The largest absolute Gasteiger partial charge is 0.482 e. The van der Waals surface area contributed by atoms with E-state index >= 15 is 0 Å². The minimum absolute atomic E-state index is 0.194. The van der Waals surface area contributed by atoms with Gasteiger partial charge in [0.2, 0.25) is 0 Å². The molecule has 1 heterocycles. The molecule has 244 valence electrons. The predicted octanol–water partition coefficient (Wildman–Crippen LogP) is 10.7. The van der Waals surface area contributed by atoms with E-state index in [4.69, 9.17) is 9.84 Å². The molecule has 4 aromatic carbocycles. The van der Waals surface area contributed by atoms with Crippen molar-refractivity contribution < 1.29 is 41.0 Å². The lowest BCUT2D eigenvalue weighted by atomic mass is 10.00. The second-order valence-corrected chi connectivity index (χ2v) is 13.0. The first kappa shape index (κ1) is 34.1. The van der Waals surface area contributed by atoms with E-state index in [0.717, 1.165) is 50.9 Å². The summed E-state index contributed by atoms with van der Waals surface area (Å²) in [6, 6.07) is 22.7. The Bertz CT molecular complexity index is 1870. The number of aromatic nitrogens is 1. The zero-order valence-electron chi connectivity index (χ0n) is 24.9. The summed E-state index contributed by atoms with van der Waals surface area (Å²) in [6.45, 7) is 3.18. The smallest absolute Gasteiger partial charge is 0.416 e.